The third kappa shape index (κ3) is 6.15. The SMILES string of the molecule is C=C(OCC(O)CO)C(=O)OCC(=O)CC. The fourth-order valence-corrected chi connectivity index (χ4v) is 0.637. The minimum atomic E-state index is -1.08. The first-order valence-corrected chi connectivity index (χ1v) is 4.80. The number of aliphatic hydroxyl groups excluding tert-OH is 2. The highest BCUT2D eigenvalue weighted by Gasteiger charge is 2.13. The van der Waals surface area contributed by atoms with E-state index in [-0.39, 0.29) is 31.2 Å². The summed E-state index contributed by atoms with van der Waals surface area (Å²) in [6.07, 6.45) is -0.800. The van der Waals surface area contributed by atoms with Crippen molar-refractivity contribution in [3.63, 3.8) is 0 Å². The molecule has 0 rings (SSSR count). The highest BCUT2D eigenvalue weighted by atomic mass is 16.6. The van der Waals surface area contributed by atoms with Crippen molar-refractivity contribution in [2.75, 3.05) is 19.8 Å². The molecule has 0 aromatic rings. The molecule has 6 nitrogen and oxygen atoms in total. The van der Waals surface area contributed by atoms with Crippen molar-refractivity contribution in [3.05, 3.63) is 12.3 Å². The van der Waals surface area contributed by atoms with E-state index in [0.29, 0.717) is 0 Å². The van der Waals surface area contributed by atoms with E-state index in [1.807, 2.05) is 0 Å². The minimum absolute atomic E-state index is 0.212. The molecule has 92 valence electrons. The molecule has 0 saturated heterocycles. The zero-order valence-corrected chi connectivity index (χ0v) is 9.14. The molecule has 0 fully saturated rings. The van der Waals surface area contributed by atoms with E-state index in [9.17, 15) is 9.59 Å². The van der Waals surface area contributed by atoms with Gasteiger partial charge in [0.15, 0.2) is 11.5 Å². The molecule has 1 atom stereocenters. The zero-order valence-electron chi connectivity index (χ0n) is 9.14. The molecule has 0 spiro atoms. The van der Waals surface area contributed by atoms with Crippen molar-refractivity contribution >= 4 is 11.8 Å². The predicted molar refractivity (Wildman–Crippen MR) is 54.4 cm³/mol. The van der Waals surface area contributed by atoms with Gasteiger partial charge in [-0.1, -0.05) is 6.92 Å². The normalized spacial score (nSPS) is 11.7. The molecule has 0 aromatic carbocycles. The van der Waals surface area contributed by atoms with E-state index in [1.165, 1.54) is 0 Å². The first-order valence-electron chi connectivity index (χ1n) is 4.80. The summed E-state index contributed by atoms with van der Waals surface area (Å²) >= 11 is 0. The molecular formula is C10H16O6. The van der Waals surface area contributed by atoms with Gasteiger partial charge < -0.3 is 19.7 Å². The van der Waals surface area contributed by atoms with Crippen LogP contribution in [0.1, 0.15) is 13.3 Å². The number of hydrogen-bond donors (Lipinski definition) is 2. The molecule has 0 aliphatic heterocycles. The summed E-state index contributed by atoms with van der Waals surface area (Å²) in [5, 5.41) is 17.4. The summed E-state index contributed by atoms with van der Waals surface area (Å²) < 4.78 is 9.30. The Bertz CT molecular complexity index is 260. The van der Waals surface area contributed by atoms with Crippen LogP contribution in [-0.4, -0.2) is 47.9 Å². The predicted octanol–water partition coefficient (Wildman–Crippen LogP) is -0.608. The van der Waals surface area contributed by atoms with Crippen LogP contribution >= 0.6 is 0 Å². The van der Waals surface area contributed by atoms with E-state index in [0.717, 1.165) is 0 Å². The van der Waals surface area contributed by atoms with Crippen molar-refractivity contribution < 1.29 is 29.3 Å². The molecule has 1 unspecified atom stereocenters. The maximum atomic E-state index is 11.1. The van der Waals surface area contributed by atoms with E-state index in [1.54, 1.807) is 6.92 Å². The van der Waals surface area contributed by atoms with Gasteiger partial charge in [-0.15, -0.1) is 0 Å². The third-order valence-electron chi connectivity index (χ3n) is 1.65. The van der Waals surface area contributed by atoms with Crippen LogP contribution < -0.4 is 0 Å². The monoisotopic (exact) mass is 232 g/mol. The molecule has 0 heterocycles. The molecule has 16 heavy (non-hydrogen) atoms. The number of aliphatic hydroxyl groups is 2. The molecule has 0 aliphatic carbocycles. The summed E-state index contributed by atoms with van der Waals surface area (Å²) in [7, 11) is 0. The molecule has 0 saturated carbocycles. The molecule has 0 radical (unpaired) electrons. The van der Waals surface area contributed by atoms with E-state index in [2.05, 4.69) is 11.3 Å². The van der Waals surface area contributed by atoms with Crippen LogP contribution in [0.4, 0.5) is 0 Å². The quantitative estimate of drug-likeness (QED) is 0.329. The molecule has 0 aliphatic rings. The van der Waals surface area contributed by atoms with Crippen molar-refractivity contribution in [2.45, 2.75) is 19.4 Å². The third-order valence-corrected chi connectivity index (χ3v) is 1.65. The van der Waals surface area contributed by atoms with Crippen molar-refractivity contribution in [1.82, 2.24) is 0 Å². The number of carbonyl (C=O) groups is 2. The second kappa shape index (κ2) is 7.84. The Kier molecular flexibility index (Phi) is 7.15. The average Bonchev–Trinajstić information content (AvgIpc) is 2.31. The van der Waals surface area contributed by atoms with Crippen LogP contribution in [0.25, 0.3) is 0 Å². The molecule has 0 amide bonds. The maximum Gasteiger partial charge on any atom is 0.373 e. The lowest BCUT2D eigenvalue weighted by Gasteiger charge is -2.10. The summed E-state index contributed by atoms with van der Waals surface area (Å²) in [5.74, 6) is -1.38. The van der Waals surface area contributed by atoms with Crippen LogP contribution in [0.15, 0.2) is 12.3 Å². The lowest BCUT2D eigenvalue weighted by Crippen LogP contribution is -2.22. The van der Waals surface area contributed by atoms with E-state index >= 15 is 0 Å². The lowest BCUT2D eigenvalue weighted by atomic mass is 10.3. The van der Waals surface area contributed by atoms with Crippen LogP contribution in [0.3, 0.4) is 0 Å². The smallest absolute Gasteiger partial charge is 0.373 e. The topological polar surface area (TPSA) is 93.1 Å². The van der Waals surface area contributed by atoms with Gasteiger partial charge in [0, 0.05) is 6.42 Å². The number of Topliss-reactive ketones (excluding diaryl/α,β-unsaturated/α-hetero) is 1. The second-order valence-corrected chi connectivity index (χ2v) is 3.04. The van der Waals surface area contributed by atoms with Gasteiger partial charge >= 0.3 is 5.97 Å². The van der Waals surface area contributed by atoms with Crippen LogP contribution in [0, 0.1) is 0 Å². The second-order valence-electron chi connectivity index (χ2n) is 3.04. The Morgan fingerprint density at radius 1 is 1.38 bits per heavy atom. The van der Waals surface area contributed by atoms with E-state index in [4.69, 9.17) is 14.9 Å². The lowest BCUT2D eigenvalue weighted by molar-refractivity contribution is -0.147. The van der Waals surface area contributed by atoms with Gasteiger partial charge in [-0.05, 0) is 6.58 Å². The van der Waals surface area contributed by atoms with Crippen LogP contribution in [0.2, 0.25) is 0 Å². The van der Waals surface area contributed by atoms with E-state index < -0.39 is 18.7 Å². The van der Waals surface area contributed by atoms with Gasteiger partial charge in [0.1, 0.15) is 19.3 Å². The van der Waals surface area contributed by atoms with Gasteiger partial charge in [0.2, 0.25) is 0 Å². The van der Waals surface area contributed by atoms with Gasteiger partial charge in [0.05, 0.1) is 6.61 Å². The number of ether oxygens (including phenoxy) is 2. The Labute approximate surface area is 93.5 Å². The molecular weight excluding hydrogens is 216 g/mol. The minimum Gasteiger partial charge on any atom is -0.484 e. The van der Waals surface area contributed by atoms with Gasteiger partial charge in [-0.25, -0.2) is 4.79 Å². The summed E-state index contributed by atoms with van der Waals surface area (Å²) in [4.78, 5) is 22.0. The first kappa shape index (κ1) is 14.6. The van der Waals surface area contributed by atoms with Crippen molar-refractivity contribution in [3.8, 4) is 0 Å². The van der Waals surface area contributed by atoms with Crippen molar-refractivity contribution in [1.29, 1.82) is 0 Å². The largest absolute Gasteiger partial charge is 0.484 e. The van der Waals surface area contributed by atoms with Crippen LogP contribution in [-0.2, 0) is 19.1 Å². The number of esters is 1. The molecule has 0 bridgehead atoms. The number of rotatable bonds is 8. The fourth-order valence-electron chi connectivity index (χ4n) is 0.637. The van der Waals surface area contributed by atoms with Gasteiger partial charge in [0.25, 0.3) is 0 Å². The maximum absolute atomic E-state index is 11.1. The summed E-state index contributed by atoms with van der Waals surface area (Å²) in [6.45, 7) is 3.86. The number of carbonyl (C=O) groups excluding carboxylic acids is 2. The summed E-state index contributed by atoms with van der Waals surface area (Å²) in [6, 6.07) is 0. The Morgan fingerprint density at radius 2 is 2.00 bits per heavy atom. The average molecular weight is 232 g/mol. The first-order chi connectivity index (χ1) is 7.51. The van der Waals surface area contributed by atoms with Gasteiger partial charge in [-0.2, -0.15) is 0 Å². The summed E-state index contributed by atoms with van der Waals surface area (Å²) in [5.41, 5.74) is 0. The van der Waals surface area contributed by atoms with Crippen LogP contribution in [0.5, 0.6) is 0 Å². The highest BCUT2D eigenvalue weighted by molar-refractivity contribution is 5.88. The number of hydrogen-bond acceptors (Lipinski definition) is 6. The zero-order chi connectivity index (χ0) is 12.6. The fraction of sp³-hybridized carbons (Fsp3) is 0.600. The van der Waals surface area contributed by atoms with Crippen molar-refractivity contribution in [2.24, 2.45) is 0 Å². The van der Waals surface area contributed by atoms with Gasteiger partial charge in [-0.3, -0.25) is 4.79 Å². The highest BCUT2D eigenvalue weighted by Crippen LogP contribution is 1.99. The molecule has 2 N–H and O–H groups in total. The molecule has 0 aromatic heterocycles. The number of ketones is 1. The molecule has 6 heteroatoms. The Balaban J connectivity index is 3.82. The Morgan fingerprint density at radius 3 is 2.50 bits per heavy atom. The Hall–Kier alpha value is -1.40. The standard InChI is InChI=1S/C10H16O6/c1-3-8(12)5-16-10(14)7(2)15-6-9(13)4-11/h9,11,13H,2-6H2,1H3.